The first-order chi connectivity index (χ1) is 18.4. The molecule has 3 saturated heterocycles. The van der Waals surface area contributed by atoms with Crippen LogP contribution >= 0.6 is 0 Å². The van der Waals surface area contributed by atoms with Crippen LogP contribution in [0.25, 0.3) is 0 Å². The molecule has 1 N–H and O–H groups in total. The zero-order valence-electron chi connectivity index (χ0n) is 22.4. The highest BCUT2D eigenvalue weighted by Crippen LogP contribution is 2.57. The maximum absolute atomic E-state index is 14.2. The van der Waals surface area contributed by atoms with E-state index in [4.69, 9.17) is 14.2 Å². The molecule has 10 nitrogen and oxygen atoms in total. The number of rotatable bonds is 7. The van der Waals surface area contributed by atoms with Crippen molar-refractivity contribution in [3.63, 3.8) is 0 Å². The highest BCUT2D eigenvalue weighted by Gasteiger charge is 2.74. The van der Waals surface area contributed by atoms with Crippen LogP contribution in [0.3, 0.4) is 0 Å². The minimum atomic E-state index is -1.27. The van der Waals surface area contributed by atoms with E-state index in [2.05, 4.69) is 4.90 Å². The monoisotopic (exact) mass is 531 g/mol. The predicted molar refractivity (Wildman–Crippen MR) is 138 cm³/mol. The van der Waals surface area contributed by atoms with Crippen LogP contribution in [0.15, 0.2) is 24.3 Å². The molecule has 0 aromatic rings. The molecule has 0 aromatic carbocycles. The van der Waals surface area contributed by atoms with E-state index in [1.165, 1.54) is 0 Å². The number of carbonyl (C=O) groups excluding carboxylic acids is 3. The van der Waals surface area contributed by atoms with Crippen LogP contribution in [-0.4, -0.2) is 121 Å². The van der Waals surface area contributed by atoms with E-state index < -0.39 is 35.0 Å². The number of morpholine rings is 1. The van der Waals surface area contributed by atoms with Crippen molar-refractivity contribution in [1.29, 1.82) is 0 Å². The Hall–Kier alpha value is -2.27. The number of aliphatic hydroxyl groups excluding tert-OH is 1. The lowest BCUT2D eigenvalue weighted by molar-refractivity contribution is -0.160. The molecule has 0 radical (unpaired) electrons. The standard InChI is InChI=1S/C28H41N3O7/c1-27-9-4-2-3-7-18-37-26(35)22(27)21-24(33)31(12-5-6-17-32)23-25(34)30(11-8-10-28(21,23)38-27)14-13-29-15-19-36-20-16-29/h4,8-10,21-23,32H,2-3,5-7,11-20H2,1H3/b9-4-/t21-,22+,23?,27-,28-/m0/s1. The fourth-order valence-electron chi connectivity index (χ4n) is 6.77. The van der Waals surface area contributed by atoms with Crippen molar-refractivity contribution in [3.8, 4) is 0 Å². The van der Waals surface area contributed by atoms with Gasteiger partial charge in [0.2, 0.25) is 11.8 Å². The van der Waals surface area contributed by atoms with Crippen molar-refractivity contribution >= 4 is 17.8 Å². The first kappa shape index (κ1) is 27.3. The van der Waals surface area contributed by atoms with Gasteiger partial charge in [-0.25, -0.2) is 0 Å². The Kier molecular flexibility index (Phi) is 8.23. The topological polar surface area (TPSA) is 109 Å². The van der Waals surface area contributed by atoms with Gasteiger partial charge in [0.15, 0.2) is 0 Å². The maximum atomic E-state index is 14.2. The molecule has 38 heavy (non-hydrogen) atoms. The molecule has 210 valence electrons. The van der Waals surface area contributed by atoms with Gasteiger partial charge in [-0.15, -0.1) is 0 Å². The number of likely N-dealkylation sites (tertiary alicyclic amines) is 1. The number of amides is 2. The molecule has 5 aliphatic rings. The van der Waals surface area contributed by atoms with Gasteiger partial charge in [0.05, 0.1) is 31.3 Å². The number of allylic oxidation sites excluding steroid dienone is 1. The van der Waals surface area contributed by atoms with Crippen molar-refractivity contribution in [2.24, 2.45) is 11.8 Å². The number of aliphatic hydroxyl groups is 1. The van der Waals surface area contributed by atoms with E-state index in [0.717, 1.165) is 38.9 Å². The fourth-order valence-corrected chi connectivity index (χ4v) is 6.77. The quantitative estimate of drug-likeness (QED) is 0.291. The number of unbranched alkanes of at least 4 members (excludes halogenated alkanes) is 1. The summed E-state index contributed by atoms with van der Waals surface area (Å²) in [5.41, 5.74) is -2.34. The van der Waals surface area contributed by atoms with Crippen LogP contribution in [0.1, 0.15) is 39.0 Å². The lowest BCUT2D eigenvalue weighted by Crippen LogP contribution is -2.56. The third-order valence-corrected chi connectivity index (χ3v) is 8.68. The van der Waals surface area contributed by atoms with Gasteiger partial charge in [0, 0.05) is 45.9 Å². The number of esters is 1. The van der Waals surface area contributed by atoms with Crippen LogP contribution in [0.4, 0.5) is 0 Å². The van der Waals surface area contributed by atoms with E-state index >= 15 is 0 Å². The summed E-state index contributed by atoms with van der Waals surface area (Å²) in [6.45, 7) is 7.17. The second-order valence-electron chi connectivity index (χ2n) is 11.2. The van der Waals surface area contributed by atoms with Gasteiger partial charge in [-0.3, -0.25) is 19.3 Å². The third kappa shape index (κ3) is 4.92. The minimum absolute atomic E-state index is 0.00904. The maximum Gasteiger partial charge on any atom is 0.313 e. The van der Waals surface area contributed by atoms with Crippen molar-refractivity contribution in [3.05, 3.63) is 24.3 Å². The molecule has 2 amide bonds. The molecule has 0 aromatic heterocycles. The molecule has 10 heteroatoms. The fraction of sp³-hybridized carbons (Fsp3) is 0.750. The summed E-state index contributed by atoms with van der Waals surface area (Å²) in [6.07, 6.45) is 11.3. The molecular weight excluding hydrogens is 490 g/mol. The van der Waals surface area contributed by atoms with E-state index in [1.54, 1.807) is 9.80 Å². The molecule has 5 rings (SSSR count). The Balaban J connectivity index is 1.49. The molecule has 5 aliphatic heterocycles. The molecule has 1 spiro atoms. The van der Waals surface area contributed by atoms with Gasteiger partial charge < -0.3 is 29.1 Å². The zero-order valence-corrected chi connectivity index (χ0v) is 22.4. The van der Waals surface area contributed by atoms with Crippen LogP contribution < -0.4 is 0 Å². The summed E-state index contributed by atoms with van der Waals surface area (Å²) in [6, 6.07) is -0.877. The van der Waals surface area contributed by atoms with Gasteiger partial charge in [-0.05, 0) is 39.0 Å². The predicted octanol–water partition coefficient (Wildman–Crippen LogP) is 0.744. The number of ether oxygens (including phenoxy) is 3. The lowest BCUT2D eigenvalue weighted by atomic mass is 9.74. The lowest BCUT2D eigenvalue weighted by Gasteiger charge is -2.38. The van der Waals surface area contributed by atoms with Gasteiger partial charge >= 0.3 is 5.97 Å². The Bertz CT molecular complexity index is 964. The van der Waals surface area contributed by atoms with Crippen LogP contribution in [0.2, 0.25) is 0 Å². The number of nitrogens with zero attached hydrogens (tertiary/aromatic N) is 3. The van der Waals surface area contributed by atoms with E-state index in [9.17, 15) is 19.5 Å². The summed E-state index contributed by atoms with van der Waals surface area (Å²) in [4.78, 5) is 47.5. The second-order valence-corrected chi connectivity index (χ2v) is 11.2. The summed E-state index contributed by atoms with van der Waals surface area (Å²) < 4.78 is 17.9. The first-order valence-corrected chi connectivity index (χ1v) is 14.1. The molecule has 5 heterocycles. The highest BCUT2D eigenvalue weighted by molar-refractivity contribution is 5.99. The Labute approximate surface area is 224 Å². The van der Waals surface area contributed by atoms with Gasteiger partial charge in [0.1, 0.15) is 17.6 Å². The molecule has 5 atom stereocenters. The Morgan fingerprint density at radius 3 is 2.55 bits per heavy atom. The third-order valence-electron chi connectivity index (χ3n) is 8.68. The van der Waals surface area contributed by atoms with Gasteiger partial charge in [-0.1, -0.05) is 24.3 Å². The van der Waals surface area contributed by atoms with Gasteiger partial charge in [0.25, 0.3) is 0 Å². The molecule has 1 unspecified atom stereocenters. The normalized spacial score (nSPS) is 36.9. The molecule has 0 bridgehead atoms. The number of carbonyl (C=O) groups is 3. The van der Waals surface area contributed by atoms with Crippen LogP contribution in [-0.2, 0) is 28.6 Å². The Morgan fingerprint density at radius 2 is 1.76 bits per heavy atom. The molecular formula is C28H41N3O7. The van der Waals surface area contributed by atoms with Gasteiger partial charge in [-0.2, -0.15) is 0 Å². The SMILES string of the molecule is C[C@]12/C=C\CCCCOC(=O)[C@H]1[C@H]1C(=O)N(CCCCO)C3C(=O)N(CCN4CCOCC4)CC=C[C@@]31O2. The molecule has 3 fully saturated rings. The van der Waals surface area contributed by atoms with E-state index in [0.29, 0.717) is 52.3 Å². The number of hydrogen-bond donors (Lipinski definition) is 1. The Morgan fingerprint density at radius 1 is 0.947 bits per heavy atom. The summed E-state index contributed by atoms with van der Waals surface area (Å²) in [5.74, 6) is -2.57. The molecule has 0 aliphatic carbocycles. The average molecular weight is 532 g/mol. The second kappa shape index (κ2) is 11.5. The van der Waals surface area contributed by atoms with Crippen molar-refractivity contribution < 1.29 is 33.7 Å². The van der Waals surface area contributed by atoms with Crippen molar-refractivity contribution in [2.45, 2.75) is 56.3 Å². The summed E-state index contributed by atoms with van der Waals surface area (Å²) in [7, 11) is 0. The zero-order chi connectivity index (χ0) is 26.8. The largest absolute Gasteiger partial charge is 0.465 e. The minimum Gasteiger partial charge on any atom is -0.465 e. The smallest absolute Gasteiger partial charge is 0.313 e. The van der Waals surface area contributed by atoms with Crippen molar-refractivity contribution in [2.75, 3.05) is 65.7 Å². The number of cyclic esters (lactones) is 1. The number of hydrogen-bond acceptors (Lipinski definition) is 8. The van der Waals surface area contributed by atoms with Crippen LogP contribution in [0, 0.1) is 11.8 Å². The van der Waals surface area contributed by atoms with E-state index in [-0.39, 0.29) is 18.4 Å². The van der Waals surface area contributed by atoms with E-state index in [1.807, 2.05) is 31.2 Å². The van der Waals surface area contributed by atoms with Crippen LogP contribution in [0.5, 0.6) is 0 Å². The molecule has 0 saturated carbocycles. The summed E-state index contributed by atoms with van der Waals surface area (Å²) >= 11 is 0. The number of fused-ring (bicyclic) bond motifs is 2. The average Bonchev–Trinajstić information content (AvgIpc) is 3.23. The first-order valence-electron chi connectivity index (χ1n) is 14.1. The van der Waals surface area contributed by atoms with Crippen molar-refractivity contribution in [1.82, 2.24) is 14.7 Å². The summed E-state index contributed by atoms with van der Waals surface area (Å²) in [5, 5.41) is 9.36. The highest BCUT2D eigenvalue weighted by atomic mass is 16.6.